The van der Waals surface area contributed by atoms with E-state index in [0.717, 1.165) is 18.0 Å². The Morgan fingerprint density at radius 2 is 2.35 bits per heavy atom. The van der Waals surface area contributed by atoms with Crippen LogP contribution in [0.2, 0.25) is 0 Å². The van der Waals surface area contributed by atoms with Crippen LogP contribution in [0.1, 0.15) is 28.7 Å². The molecule has 0 spiro atoms. The van der Waals surface area contributed by atoms with Crippen molar-refractivity contribution in [3.63, 3.8) is 0 Å². The lowest BCUT2D eigenvalue weighted by Crippen LogP contribution is -2.11. The second-order valence-electron chi connectivity index (χ2n) is 3.40. The molecule has 2 rings (SSSR count). The summed E-state index contributed by atoms with van der Waals surface area (Å²) in [6.45, 7) is 2.70. The van der Waals surface area contributed by atoms with Gasteiger partial charge in [0.2, 0.25) is 5.78 Å². The van der Waals surface area contributed by atoms with E-state index in [-0.39, 0.29) is 5.78 Å². The Labute approximate surface area is 102 Å². The largest absolute Gasteiger partial charge is 0.493 e. The molecule has 0 radical (unpaired) electrons. The van der Waals surface area contributed by atoms with Gasteiger partial charge in [0.05, 0.1) is 19.5 Å². The van der Waals surface area contributed by atoms with E-state index >= 15 is 0 Å². The average molecular weight is 252 g/mol. The molecule has 0 aliphatic heterocycles. The van der Waals surface area contributed by atoms with Gasteiger partial charge in [0.15, 0.2) is 11.4 Å². The summed E-state index contributed by atoms with van der Waals surface area (Å²) in [5.74, 6) is 0.333. The van der Waals surface area contributed by atoms with Crippen LogP contribution in [-0.2, 0) is 6.54 Å². The molecule has 0 bridgehead atoms. The summed E-state index contributed by atoms with van der Waals surface area (Å²) in [6, 6.07) is 0. The van der Waals surface area contributed by atoms with E-state index in [0.29, 0.717) is 22.9 Å². The SMILES string of the molecule is CCCn1ncc(OC)c1C(=O)c1cnns1. The fourth-order valence-corrected chi connectivity index (χ4v) is 1.97. The van der Waals surface area contributed by atoms with Crippen molar-refractivity contribution in [2.45, 2.75) is 19.9 Å². The Hall–Kier alpha value is -1.76. The summed E-state index contributed by atoms with van der Waals surface area (Å²) in [4.78, 5) is 12.7. The van der Waals surface area contributed by atoms with E-state index in [9.17, 15) is 4.79 Å². The minimum absolute atomic E-state index is 0.150. The molecule has 0 amide bonds. The lowest BCUT2D eigenvalue weighted by atomic mass is 10.2. The van der Waals surface area contributed by atoms with Crippen LogP contribution in [0.25, 0.3) is 0 Å². The normalized spacial score (nSPS) is 10.5. The maximum Gasteiger partial charge on any atom is 0.228 e. The third kappa shape index (κ3) is 2.19. The van der Waals surface area contributed by atoms with Crippen LogP contribution in [0.15, 0.2) is 12.4 Å². The number of carbonyl (C=O) groups excluding carboxylic acids is 1. The standard InChI is InChI=1S/C10H12N4O2S/c1-3-4-14-9(7(16-2)5-12-14)10(15)8-6-11-13-17-8/h5-6H,3-4H2,1-2H3. The number of hydrogen-bond donors (Lipinski definition) is 0. The molecule has 0 atom stereocenters. The van der Waals surface area contributed by atoms with Crippen molar-refractivity contribution in [3.05, 3.63) is 23.0 Å². The van der Waals surface area contributed by atoms with E-state index in [4.69, 9.17) is 4.74 Å². The fourth-order valence-electron chi connectivity index (χ4n) is 1.51. The van der Waals surface area contributed by atoms with Crippen LogP contribution in [-0.4, -0.2) is 32.3 Å². The van der Waals surface area contributed by atoms with Gasteiger partial charge in [-0.3, -0.25) is 9.48 Å². The Balaban J connectivity index is 2.42. The Bertz CT molecular complexity index is 506. The van der Waals surface area contributed by atoms with Gasteiger partial charge >= 0.3 is 0 Å². The van der Waals surface area contributed by atoms with E-state index in [1.165, 1.54) is 13.3 Å². The lowest BCUT2D eigenvalue weighted by molar-refractivity contribution is 0.102. The molecule has 0 N–H and O–H groups in total. The maximum absolute atomic E-state index is 12.2. The molecule has 0 aliphatic rings. The van der Waals surface area contributed by atoms with Gasteiger partial charge in [-0.25, -0.2) is 0 Å². The molecule has 2 aromatic heterocycles. The molecule has 6 nitrogen and oxygen atoms in total. The number of nitrogens with zero attached hydrogens (tertiary/aromatic N) is 4. The number of aromatic nitrogens is 4. The smallest absolute Gasteiger partial charge is 0.228 e. The predicted molar refractivity (Wildman–Crippen MR) is 62.4 cm³/mol. The summed E-state index contributed by atoms with van der Waals surface area (Å²) >= 11 is 1.07. The van der Waals surface area contributed by atoms with Crippen molar-refractivity contribution >= 4 is 17.3 Å². The van der Waals surface area contributed by atoms with Gasteiger partial charge < -0.3 is 4.74 Å². The topological polar surface area (TPSA) is 69.9 Å². The van der Waals surface area contributed by atoms with E-state index in [1.54, 1.807) is 10.9 Å². The number of ketones is 1. The summed E-state index contributed by atoms with van der Waals surface area (Å²) < 4.78 is 10.5. The predicted octanol–water partition coefficient (Wildman–Crippen LogP) is 1.38. The van der Waals surface area contributed by atoms with Gasteiger partial charge in [0.1, 0.15) is 4.88 Å². The molecule has 2 heterocycles. The number of ether oxygens (including phenoxy) is 1. The number of methoxy groups -OCH3 is 1. The Morgan fingerprint density at radius 3 is 2.94 bits per heavy atom. The van der Waals surface area contributed by atoms with Gasteiger partial charge in [-0.05, 0) is 18.0 Å². The number of aryl methyl sites for hydroxylation is 1. The third-order valence-electron chi connectivity index (χ3n) is 2.26. The van der Waals surface area contributed by atoms with Crippen LogP contribution in [0.4, 0.5) is 0 Å². The van der Waals surface area contributed by atoms with Gasteiger partial charge in [0.25, 0.3) is 0 Å². The summed E-state index contributed by atoms with van der Waals surface area (Å²) in [6.07, 6.45) is 3.90. The fraction of sp³-hybridized carbons (Fsp3) is 0.400. The molecule has 0 saturated heterocycles. The third-order valence-corrected chi connectivity index (χ3v) is 2.92. The maximum atomic E-state index is 12.2. The quantitative estimate of drug-likeness (QED) is 0.752. The molecule has 0 aromatic carbocycles. The molecule has 0 saturated carbocycles. The molecular weight excluding hydrogens is 240 g/mol. The van der Waals surface area contributed by atoms with Crippen molar-refractivity contribution in [1.29, 1.82) is 0 Å². The highest BCUT2D eigenvalue weighted by atomic mass is 32.1. The van der Waals surface area contributed by atoms with Crippen LogP contribution in [0.3, 0.4) is 0 Å². The molecule has 7 heteroatoms. The first-order valence-corrected chi connectivity index (χ1v) is 5.97. The van der Waals surface area contributed by atoms with Crippen molar-refractivity contribution in [2.75, 3.05) is 7.11 Å². The first-order chi connectivity index (χ1) is 8.27. The highest BCUT2D eigenvalue weighted by Gasteiger charge is 2.22. The zero-order chi connectivity index (χ0) is 12.3. The Morgan fingerprint density at radius 1 is 1.53 bits per heavy atom. The van der Waals surface area contributed by atoms with E-state index < -0.39 is 0 Å². The highest BCUT2D eigenvalue weighted by molar-refractivity contribution is 7.08. The van der Waals surface area contributed by atoms with Crippen LogP contribution in [0.5, 0.6) is 5.75 Å². The summed E-state index contributed by atoms with van der Waals surface area (Å²) in [5, 5.41) is 7.80. The van der Waals surface area contributed by atoms with E-state index in [1.807, 2.05) is 6.92 Å². The zero-order valence-corrected chi connectivity index (χ0v) is 10.4. The number of carbonyl (C=O) groups is 1. The van der Waals surface area contributed by atoms with Crippen molar-refractivity contribution in [3.8, 4) is 5.75 Å². The molecule has 90 valence electrons. The highest BCUT2D eigenvalue weighted by Crippen LogP contribution is 2.22. The Kier molecular flexibility index (Phi) is 3.48. The molecule has 17 heavy (non-hydrogen) atoms. The number of hydrogen-bond acceptors (Lipinski definition) is 6. The van der Waals surface area contributed by atoms with Gasteiger partial charge in [-0.1, -0.05) is 11.4 Å². The monoisotopic (exact) mass is 252 g/mol. The minimum Gasteiger partial charge on any atom is -0.493 e. The minimum atomic E-state index is -0.150. The molecule has 0 aliphatic carbocycles. The van der Waals surface area contributed by atoms with Crippen LogP contribution >= 0.6 is 11.5 Å². The van der Waals surface area contributed by atoms with Crippen LogP contribution in [0, 0.1) is 0 Å². The van der Waals surface area contributed by atoms with Crippen molar-refractivity contribution in [2.24, 2.45) is 0 Å². The second kappa shape index (κ2) is 5.05. The van der Waals surface area contributed by atoms with Crippen LogP contribution < -0.4 is 4.74 Å². The number of rotatable bonds is 5. The first kappa shape index (κ1) is 11.7. The average Bonchev–Trinajstić information content (AvgIpc) is 2.97. The molecule has 0 unspecified atom stereocenters. The summed E-state index contributed by atoms with van der Waals surface area (Å²) in [5.41, 5.74) is 0.459. The van der Waals surface area contributed by atoms with Crippen molar-refractivity contribution in [1.82, 2.24) is 19.4 Å². The van der Waals surface area contributed by atoms with E-state index in [2.05, 4.69) is 14.7 Å². The van der Waals surface area contributed by atoms with Gasteiger partial charge in [-0.2, -0.15) is 5.10 Å². The zero-order valence-electron chi connectivity index (χ0n) is 9.58. The van der Waals surface area contributed by atoms with Crippen molar-refractivity contribution < 1.29 is 9.53 Å². The van der Waals surface area contributed by atoms with Gasteiger partial charge in [0, 0.05) is 6.54 Å². The first-order valence-electron chi connectivity index (χ1n) is 5.19. The summed E-state index contributed by atoms with van der Waals surface area (Å²) in [7, 11) is 1.52. The molecule has 0 fully saturated rings. The molecule has 2 aromatic rings. The second-order valence-corrected chi connectivity index (χ2v) is 4.18. The molecular formula is C10H12N4O2S. The lowest BCUT2D eigenvalue weighted by Gasteiger charge is -2.05. The van der Waals surface area contributed by atoms with Gasteiger partial charge in [-0.15, -0.1) is 5.10 Å².